The predicted molar refractivity (Wildman–Crippen MR) is 103 cm³/mol. The minimum Gasteiger partial charge on any atom is -0.497 e. The van der Waals surface area contributed by atoms with Crippen LogP contribution in [0, 0.1) is 5.92 Å². The lowest BCUT2D eigenvalue weighted by atomic mass is 10.1. The van der Waals surface area contributed by atoms with Gasteiger partial charge in [-0.05, 0) is 48.6 Å². The number of rotatable bonds is 8. The van der Waals surface area contributed by atoms with Crippen LogP contribution in [0.4, 0.5) is 0 Å². The van der Waals surface area contributed by atoms with Gasteiger partial charge in [0.25, 0.3) is 15.9 Å². The predicted octanol–water partition coefficient (Wildman–Crippen LogP) is 2.15. The van der Waals surface area contributed by atoms with E-state index in [0.29, 0.717) is 28.1 Å². The van der Waals surface area contributed by atoms with Crippen molar-refractivity contribution in [2.45, 2.75) is 33.6 Å². The number of carbonyl (C=O) groups is 2. The van der Waals surface area contributed by atoms with E-state index in [1.54, 1.807) is 31.2 Å². The SMILES string of the molecule is CCC1=C(c2ccc(OC)cc2)S(=O)(=O)N(CC(=O)NCCC(C)C)C1=O. The van der Waals surface area contributed by atoms with Gasteiger partial charge in [-0.25, -0.2) is 12.7 Å². The van der Waals surface area contributed by atoms with Crippen LogP contribution in [-0.4, -0.2) is 44.7 Å². The molecular weight excluding hydrogens is 368 g/mol. The van der Waals surface area contributed by atoms with E-state index in [-0.39, 0.29) is 16.9 Å². The molecule has 2 amide bonds. The second-order valence-electron chi connectivity index (χ2n) is 6.74. The first-order valence-corrected chi connectivity index (χ1v) is 10.4. The highest BCUT2D eigenvalue weighted by atomic mass is 32.2. The molecule has 1 aliphatic heterocycles. The number of hydrogen-bond acceptors (Lipinski definition) is 5. The molecule has 8 heteroatoms. The molecule has 1 aromatic rings. The second-order valence-corrected chi connectivity index (χ2v) is 8.54. The Bertz CT molecular complexity index is 841. The van der Waals surface area contributed by atoms with E-state index in [9.17, 15) is 18.0 Å². The second kappa shape index (κ2) is 8.56. The zero-order valence-corrected chi connectivity index (χ0v) is 16.9. The average Bonchev–Trinajstić information content (AvgIpc) is 2.81. The Labute approximate surface area is 160 Å². The molecule has 0 aromatic heterocycles. The van der Waals surface area contributed by atoms with Crippen molar-refractivity contribution in [3.05, 3.63) is 35.4 Å². The Morgan fingerprint density at radius 3 is 2.37 bits per heavy atom. The topological polar surface area (TPSA) is 92.8 Å². The number of sulfonamides is 1. The van der Waals surface area contributed by atoms with Crippen LogP contribution >= 0.6 is 0 Å². The molecule has 0 aliphatic carbocycles. The zero-order chi connectivity index (χ0) is 20.2. The number of methoxy groups -OCH3 is 1. The van der Waals surface area contributed by atoms with Crippen LogP contribution < -0.4 is 10.1 Å². The zero-order valence-electron chi connectivity index (χ0n) is 16.1. The summed E-state index contributed by atoms with van der Waals surface area (Å²) in [6.45, 7) is 5.71. The van der Waals surface area contributed by atoms with E-state index in [1.807, 2.05) is 13.8 Å². The molecule has 1 N–H and O–H groups in total. The van der Waals surface area contributed by atoms with Crippen molar-refractivity contribution in [2.24, 2.45) is 5.92 Å². The van der Waals surface area contributed by atoms with E-state index in [2.05, 4.69) is 5.32 Å². The van der Waals surface area contributed by atoms with Crippen LogP contribution in [-0.2, 0) is 19.6 Å². The largest absolute Gasteiger partial charge is 0.497 e. The number of hydrogen-bond donors (Lipinski definition) is 1. The average molecular weight is 394 g/mol. The molecule has 0 bridgehead atoms. The Morgan fingerprint density at radius 2 is 1.85 bits per heavy atom. The molecule has 27 heavy (non-hydrogen) atoms. The number of benzene rings is 1. The van der Waals surface area contributed by atoms with Crippen LogP contribution in [0.2, 0.25) is 0 Å². The molecule has 0 atom stereocenters. The molecule has 0 saturated carbocycles. The first-order valence-electron chi connectivity index (χ1n) is 8.93. The van der Waals surface area contributed by atoms with Crippen molar-refractivity contribution in [3.8, 4) is 5.75 Å². The summed E-state index contributed by atoms with van der Waals surface area (Å²) >= 11 is 0. The van der Waals surface area contributed by atoms with Gasteiger partial charge in [0.05, 0.1) is 7.11 Å². The van der Waals surface area contributed by atoms with Crippen molar-refractivity contribution < 1.29 is 22.7 Å². The van der Waals surface area contributed by atoms with Gasteiger partial charge < -0.3 is 10.1 Å². The summed E-state index contributed by atoms with van der Waals surface area (Å²) in [6.07, 6.45) is 1.03. The normalized spacial score (nSPS) is 16.2. The van der Waals surface area contributed by atoms with Crippen LogP contribution in [0.5, 0.6) is 5.75 Å². The summed E-state index contributed by atoms with van der Waals surface area (Å²) in [5, 5.41) is 2.67. The van der Waals surface area contributed by atoms with Crippen LogP contribution in [0.1, 0.15) is 39.2 Å². The fourth-order valence-corrected chi connectivity index (χ4v) is 4.66. The molecule has 7 nitrogen and oxygen atoms in total. The summed E-state index contributed by atoms with van der Waals surface area (Å²) in [7, 11) is -2.57. The minimum absolute atomic E-state index is 0.0346. The van der Waals surface area contributed by atoms with E-state index in [1.165, 1.54) is 7.11 Å². The highest BCUT2D eigenvalue weighted by Crippen LogP contribution is 2.37. The van der Waals surface area contributed by atoms with E-state index >= 15 is 0 Å². The van der Waals surface area contributed by atoms with Crippen LogP contribution in [0.15, 0.2) is 29.8 Å². The monoisotopic (exact) mass is 394 g/mol. The number of ether oxygens (including phenoxy) is 1. The van der Waals surface area contributed by atoms with Crippen LogP contribution in [0.3, 0.4) is 0 Å². The molecule has 1 aromatic carbocycles. The highest BCUT2D eigenvalue weighted by molar-refractivity contribution is 7.99. The quantitative estimate of drug-likeness (QED) is 0.729. The molecule has 2 rings (SSSR count). The molecule has 0 fully saturated rings. The van der Waals surface area contributed by atoms with Gasteiger partial charge in [-0.15, -0.1) is 0 Å². The Balaban J connectivity index is 2.26. The minimum atomic E-state index is -4.09. The van der Waals surface area contributed by atoms with Gasteiger partial charge in [0.15, 0.2) is 0 Å². The Morgan fingerprint density at radius 1 is 1.22 bits per heavy atom. The highest BCUT2D eigenvalue weighted by Gasteiger charge is 2.44. The van der Waals surface area contributed by atoms with Gasteiger partial charge >= 0.3 is 0 Å². The van der Waals surface area contributed by atoms with Gasteiger partial charge in [0.1, 0.15) is 17.2 Å². The van der Waals surface area contributed by atoms with E-state index in [4.69, 9.17) is 4.74 Å². The fourth-order valence-electron chi connectivity index (χ4n) is 2.84. The lowest BCUT2D eigenvalue weighted by molar-refractivity contribution is -0.128. The van der Waals surface area contributed by atoms with Crippen molar-refractivity contribution in [2.75, 3.05) is 20.2 Å². The number of nitrogens with one attached hydrogen (secondary N) is 1. The maximum absolute atomic E-state index is 13.0. The molecule has 148 valence electrons. The van der Waals surface area contributed by atoms with Gasteiger partial charge in [-0.3, -0.25) is 9.59 Å². The summed E-state index contributed by atoms with van der Waals surface area (Å²) in [5.41, 5.74) is 0.596. The summed E-state index contributed by atoms with van der Waals surface area (Å²) in [4.78, 5) is 24.8. The molecule has 1 heterocycles. The smallest absolute Gasteiger partial charge is 0.268 e. The third kappa shape index (κ3) is 4.50. The standard InChI is InChI=1S/C19H26N2O5S/c1-5-16-18(14-6-8-15(26-4)9-7-14)27(24,25)21(19(16)23)12-17(22)20-11-10-13(2)3/h6-9,13H,5,10-12H2,1-4H3,(H,20,22). The molecule has 0 radical (unpaired) electrons. The van der Waals surface area contributed by atoms with Crippen molar-refractivity contribution in [1.29, 1.82) is 0 Å². The molecule has 0 saturated heterocycles. The molecule has 1 aliphatic rings. The molecule has 0 spiro atoms. The van der Waals surface area contributed by atoms with Crippen molar-refractivity contribution in [1.82, 2.24) is 9.62 Å². The van der Waals surface area contributed by atoms with Crippen LogP contribution in [0.25, 0.3) is 4.91 Å². The fraction of sp³-hybridized carbons (Fsp3) is 0.474. The molecular formula is C19H26N2O5S. The summed E-state index contributed by atoms with van der Waals surface area (Å²) in [6, 6.07) is 6.47. The maximum Gasteiger partial charge on any atom is 0.268 e. The molecule has 0 unspecified atom stereocenters. The number of nitrogens with zero attached hydrogens (tertiary/aromatic N) is 1. The lowest BCUT2D eigenvalue weighted by Crippen LogP contribution is -2.41. The van der Waals surface area contributed by atoms with Crippen molar-refractivity contribution in [3.63, 3.8) is 0 Å². The van der Waals surface area contributed by atoms with Crippen molar-refractivity contribution >= 4 is 26.7 Å². The number of carbonyl (C=O) groups excluding carboxylic acids is 2. The number of amides is 2. The first kappa shape index (κ1) is 21.0. The Hall–Kier alpha value is -2.35. The summed E-state index contributed by atoms with van der Waals surface area (Å²) in [5.74, 6) is -0.126. The Kier molecular flexibility index (Phi) is 6.64. The van der Waals surface area contributed by atoms with E-state index < -0.39 is 28.4 Å². The van der Waals surface area contributed by atoms with Gasteiger partial charge in [0.2, 0.25) is 5.91 Å². The first-order chi connectivity index (χ1) is 12.7. The maximum atomic E-state index is 13.0. The third-order valence-electron chi connectivity index (χ3n) is 4.34. The lowest BCUT2D eigenvalue weighted by Gasteiger charge is -2.17. The van der Waals surface area contributed by atoms with Gasteiger partial charge in [-0.2, -0.15) is 0 Å². The van der Waals surface area contributed by atoms with E-state index in [0.717, 1.165) is 6.42 Å². The summed E-state index contributed by atoms with van der Waals surface area (Å²) < 4.78 is 31.7. The van der Waals surface area contributed by atoms with Gasteiger partial charge in [0, 0.05) is 12.1 Å². The van der Waals surface area contributed by atoms with Gasteiger partial charge in [-0.1, -0.05) is 20.8 Å². The third-order valence-corrected chi connectivity index (χ3v) is 6.22.